The summed E-state index contributed by atoms with van der Waals surface area (Å²) in [6.45, 7) is 8.70. The lowest BCUT2D eigenvalue weighted by molar-refractivity contribution is -0.182. The van der Waals surface area contributed by atoms with E-state index in [2.05, 4.69) is 6.92 Å². The van der Waals surface area contributed by atoms with Gasteiger partial charge in [-0.25, -0.2) is 0 Å². The summed E-state index contributed by atoms with van der Waals surface area (Å²) in [4.78, 5) is 14.4. The molecule has 2 rings (SSSR count). The minimum Gasteiger partial charge on any atom is -0.379 e. The van der Waals surface area contributed by atoms with Crippen LogP contribution in [0, 0.1) is 5.41 Å². The number of nitrogens with zero attached hydrogens (tertiary/aromatic N) is 1. The Balaban J connectivity index is 2.03. The van der Waals surface area contributed by atoms with Gasteiger partial charge in [0.25, 0.3) is 0 Å². The van der Waals surface area contributed by atoms with Gasteiger partial charge in [0.2, 0.25) is 5.91 Å². The van der Waals surface area contributed by atoms with E-state index in [0.717, 1.165) is 6.42 Å². The fourth-order valence-electron chi connectivity index (χ4n) is 2.51. The standard InChI is InChI=1S/C12H21NO3/c1-4-12(7-15-8-12)11(14)13-5-9(2)16-10(3)6-13/h9-10H,4-8H2,1-3H3. The first kappa shape index (κ1) is 11.9. The molecule has 0 saturated carbocycles. The maximum Gasteiger partial charge on any atom is 0.233 e. The van der Waals surface area contributed by atoms with Gasteiger partial charge in [-0.15, -0.1) is 0 Å². The van der Waals surface area contributed by atoms with E-state index < -0.39 is 0 Å². The number of amides is 1. The van der Waals surface area contributed by atoms with Crippen molar-refractivity contribution in [3.8, 4) is 0 Å². The fraction of sp³-hybridized carbons (Fsp3) is 0.917. The highest BCUT2D eigenvalue weighted by Crippen LogP contribution is 2.34. The Hall–Kier alpha value is -0.610. The number of morpholine rings is 1. The van der Waals surface area contributed by atoms with Gasteiger partial charge in [0.1, 0.15) is 0 Å². The number of carbonyl (C=O) groups is 1. The Morgan fingerprint density at radius 3 is 2.25 bits per heavy atom. The van der Waals surface area contributed by atoms with Gasteiger partial charge in [0.05, 0.1) is 30.8 Å². The van der Waals surface area contributed by atoms with Crippen molar-refractivity contribution in [3.63, 3.8) is 0 Å². The van der Waals surface area contributed by atoms with Crippen molar-refractivity contribution in [2.24, 2.45) is 5.41 Å². The van der Waals surface area contributed by atoms with Crippen molar-refractivity contribution in [1.29, 1.82) is 0 Å². The molecule has 0 bridgehead atoms. The fourth-order valence-corrected chi connectivity index (χ4v) is 2.51. The molecule has 0 aromatic carbocycles. The summed E-state index contributed by atoms with van der Waals surface area (Å²) in [5.41, 5.74) is -0.239. The summed E-state index contributed by atoms with van der Waals surface area (Å²) in [5.74, 6) is 0.253. The highest BCUT2D eigenvalue weighted by Gasteiger charge is 2.47. The van der Waals surface area contributed by atoms with Crippen LogP contribution in [0.5, 0.6) is 0 Å². The van der Waals surface area contributed by atoms with Crippen LogP contribution >= 0.6 is 0 Å². The quantitative estimate of drug-likeness (QED) is 0.707. The third kappa shape index (κ3) is 1.96. The number of hydrogen-bond donors (Lipinski definition) is 0. The Morgan fingerprint density at radius 1 is 1.31 bits per heavy atom. The van der Waals surface area contributed by atoms with Crippen LogP contribution in [-0.2, 0) is 14.3 Å². The first-order chi connectivity index (χ1) is 7.57. The third-order valence-corrected chi connectivity index (χ3v) is 3.59. The molecule has 2 unspecified atom stereocenters. The molecule has 0 aromatic heterocycles. The molecule has 2 aliphatic heterocycles. The van der Waals surface area contributed by atoms with E-state index >= 15 is 0 Å². The lowest BCUT2D eigenvalue weighted by Crippen LogP contribution is -2.59. The molecule has 0 spiro atoms. The summed E-state index contributed by atoms with van der Waals surface area (Å²) in [6, 6.07) is 0. The van der Waals surface area contributed by atoms with Crippen LogP contribution in [0.25, 0.3) is 0 Å². The molecule has 0 radical (unpaired) electrons. The summed E-state index contributed by atoms with van der Waals surface area (Å²) in [5, 5.41) is 0. The third-order valence-electron chi connectivity index (χ3n) is 3.59. The van der Waals surface area contributed by atoms with E-state index in [4.69, 9.17) is 9.47 Å². The first-order valence-corrected chi connectivity index (χ1v) is 6.10. The lowest BCUT2D eigenvalue weighted by Gasteiger charge is -2.45. The van der Waals surface area contributed by atoms with Crippen molar-refractivity contribution in [2.45, 2.75) is 39.4 Å². The molecule has 0 N–H and O–H groups in total. The second-order valence-corrected chi connectivity index (χ2v) is 5.09. The molecule has 1 amide bonds. The van der Waals surface area contributed by atoms with Crippen molar-refractivity contribution in [2.75, 3.05) is 26.3 Å². The summed E-state index contributed by atoms with van der Waals surface area (Å²) >= 11 is 0. The average molecular weight is 227 g/mol. The highest BCUT2D eigenvalue weighted by atomic mass is 16.5. The Morgan fingerprint density at radius 2 is 1.88 bits per heavy atom. The number of rotatable bonds is 2. The topological polar surface area (TPSA) is 38.8 Å². The van der Waals surface area contributed by atoms with Crippen molar-refractivity contribution in [3.05, 3.63) is 0 Å². The largest absolute Gasteiger partial charge is 0.379 e. The lowest BCUT2D eigenvalue weighted by atomic mass is 9.81. The summed E-state index contributed by atoms with van der Waals surface area (Å²) < 4.78 is 10.9. The van der Waals surface area contributed by atoms with E-state index in [-0.39, 0.29) is 23.5 Å². The zero-order valence-corrected chi connectivity index (χ0v) is 10.4. The van der Waals surface area contributed by atoms with Crippen LogP contribution in [0.1, 0.15) is 27.2 Å². The average Bonchev–Trinajstić information content (AvgIpc) is 2.15. The van der Waals surface area contributed by atoms with Crippen LogP contribution in [0.2, 0.25) is 0 Å². The minimum absolute atomic E-state index is 0.141. The number of carbonyl (C=O) groups excluding carboxylic acids is 1. The monoisotopic (exact) mass is 227 g/mol. The predicted octanol–water partition coefficient (Wildman–Crippen LogP) is 1.05. The number of ether oxygens (including phenoxy) is 2. The Kier molecular flexibility index (Phi) is 3.22. The van der Waals surface area contributed by atoms with E-state index in [1.165, 1.54) is 0 Å². The second-order valence-electron chi connectivity index (χ2n) is 5.09. The van der Waals surface area contributed by atoms with E-state index in [1.54, 1.807) is 0 Å². The van der Waals surface area contributed by atoms with E-state index in [9.17, 15) is 4.79 Å². The van der Waals surface area contributed by atoms with Gasteiger partial charge < -0.3 is 14.4 Å². The summed E-state index contributed by atoms with van der Waals surface area (Å²) in [6.07, 6.45) is 1.15. The maximum absolute atomic E-state index is 12.4. The SMILES string of the molecule is CCC1(C(=O)N2CC(C)OC(C)C2)COC1. The molecule has 16 heavy (non-hydrogen) atoms. The van der Waals surface area contributed by atoms with Crippen LogP contribution in [0.3, 0.4) is 0 Å². The smallest absolute Gasteiger partial charge is 0.233 e. The Bertz CT molecular complexity index is 260. The van der Waals surface area contributed by atoms with Gasteiger partial charge >= 0.3 is 0 Å². The molecular formula is C12H21NO3. The van der Waals surface area contributed by atoms with E-state index in [1.807, 2.05) is 18.7 Å². The maximum atomic E-state index is 12.4. The Labute approximate surface area is 96.9 Å². The molecule has 2 heterocycles. The van der Waals surface area contributed by atoms with Gasteiger partial charge in [-0.3, -0.25) is 4.79 Å². The van der Waals surface area contributed by atoms with Gasteiger partial charge in [-0.1, -0.05) is 6.92 Å². The molecule has 2 atom stereocenters. The minimum atomic E-state index is -0.239. The van der Waals surface area contributed by atoms with Crippen LogP contribution < -0.4 is 0 Å². The predicted molar refractivity (Wildman–Crippen MR) is 60.1 cm³/mol. The van der Waals surface area contributed by atoms with Crippen molar-refractivity contribution >= 4 is 5.91 Å². The van der Waals surface area contributed by atoms with Crippen molar-refractivity contribution in [1.82, 2.24) is 4.90 Å². The molecule has 2 saturated heterocycles. The number of hydrogen-bond acceptors (Lipinski definition) is 3. The molecule has 2 fully saturated rings. The van der Waals surface area contributed by atoms with Crippen LogP contribution in [0.15, 0.2) is 0 Å². The van der Waals surface area contributed by atoms with Gasteiger partial charge in [0.15, 0.2) is 0 Å². The normalized spacial score (nSPS) is 33.3. The molecular weight excluding hydrogens is 206 g/mol. The van der Waals surface area contributed by atoms with Crippen LogP contribution in [0.4, 0.5) is 0 Å². The van der Waals surface area contributed by atoms with Gasteiger partial charge in [-0.2, -0.15) is 0 Å². The molecule has 0 aliphatic carbocycles. The van der Waals surface area contributed by atoms with E-state index in [0.29, 0.717) is 26.3 Å². The molecule has 4 nitrogen and oxygen atoms in total. The molecule has 0 aromatic rings. The van der Waals surface area contributed by atoms with Gasteiger partial charge in [-0.05, 0) is 20.3 Å². The summed E-state index contributed by atoms with van der Waals surface area (Å²) in [7, 11) is 0. The van der Waals surface area contributed by atoms with Crippen LogP contribution in [-0.4, -0.2) is 49.3 Å². The zero-order valence-electron chi connectivity index (χ0n) is 10.4. The molecule has 92 valence electrons. The zero-order chi connectivity index (χ0) is 11.8. The highest BCUT2D eigenvalue weighted by molar-refractivity contribution is 5.84. The molecule has 2 aliphatic rings. The second kappa shape index (κ2) is 4.34. The molecule has 4 heteroatoms. The van der Waals surface area contributed by atoms with Gasteiger partial charge in [0, 0.05) is 13.1 Å². The first-order valence-electron chi connectivity index (χ1n) is 6.10. The van der Waals surface area contributed by atoms with Crippen molar-refractivity contribution < 1.29 is 14.3 Å².